The first kappa shape index (κ1) is 23.0. The van der Waals surface area contributed by atoms with Crippen molar-refractivity contribution in [3.8, 4) is 5.75 Å². The average Bonchev–Trinajstić information content (AvgIpc) is 2.64. The predicted molar refractivity (Wildman–Crippen MR) is 117 cm³/mol. The Labute approximate surface area is 177 Å². The molecule has 0 aliphatic carbocycles. The molecule has 0 unspecified atom stereocenters. The predicted octanol–water partition coefficient (Wildman–Crippen LogP) is 3.78. The van der Waals surface area contributed by atoms with Crippen molar-refractivity contribution in [2.24, 2.45) is 0 Å². The van der Waals surface area contributed by atoms with Crippen molar-refractivity contribution < 1.29 is 17.9 Å². The highest BCUT2D eigenvalue weighted by Crippen LogP contribution is 2.21. The van der Waals surface area contributed by atoms with Crippen LogP contribution in [-0.4, -0.2) is 39.8 Å². The van der Waals surface area contributed by atoms with E-state index < -0.39 is 10.0 Å². The minimum absolute atomic E-state index is 0.143. The molecule has 2 aromatic carbocycles. The average molecular weight is 439 g/mol. The summed E-state index contributed by atoms with van der Waals surface area (Å²) in [6.45, 7) is 4.40. The molecule has 0 saturated carbocycles. The molecule has 0 saturated heterocycles. The highest BCUT2D eigenvalue weighted by Gasteiger charge is 2.18. The summed E-state index contributed by atoms with van der Waals surface area (Å²) in [6.07, 6.45) is 1.76. The SMILES string of the molecule is Cc1ccccc1OC[C@H](C)NC(=O)CCCN(c1ccc(Cl)cc1)S(C)(=O)=O. The summed E-state index contributed by atoms with van der Waals surface area (Å²) in [4.78, 5) is 12.2. The normalized spacial score (nSPS) is 12.3. The van der Waals surface area contributed by atoms with Crippen LogP contribution in [-0.2, 0) is 14.8 Å². The Balaban J connectivity index is 1.81. The van der Waals surface area contributed by atoms with Gasteiger partial charge in [0, 0.05) is 18.0 Å². The zero-order valence-corrected chi connectivity index (χ0v) is 18.5. The number of carbonyl (C=O) groups excluding carboxylic acids is 1. The van der Waals surface area contributed by atoms with E-state index in [9.17, 15) is 13.2 Å². The fraction of sp³-hybridized carbons (Fsp3) is 0.381. The zero-order chi connectivity index (χ0) is 21.4. The van der Waals surface area contributed by atoms with Crippen molar-refractivity contribution in [1.82, 2.24) is 5.32 Å². The molecule has 158 valence electrons. The third-order valence-corrected chi connectivity index (χ3v) is 5.72. The van der Waals surface area contributed by atoms with Gasteiger partial charge in [0.25, 0.3) is 0 Å². The van der Waals surface area contributed by atoms with Gasteiger partial charge in [-0.3, -0.25) is 9.10 Å². The molecule has 2 rings (SSSR count). The monoisotopic (exact) mass is 438 g/mol. The maximum absolute atomic E-state index is 12.2. The molecule has 0 heterocycles. The van der Waals surface area contributed by atoms with Crippen molar-refractivity contribution >= 4 is 33.2 Å². The molecular weight excluding hydrogens is 412 g/mol. The Morgan fingerprint density at radius 3 is 2.45 bits per heavy atom. The quantitative estimate of drug-likeness (QED) is 0.612. The van der Waals surface area contributed by atoms with Crippen molar-refractivity contribution in [2.45, 2.75) is 32.7 Å². The van der Waals surface area contributed by atoms with E-state index >= 15 is 0 Å². The number of amides is 1. The van der Waals surface area contributed by atoms with Gasteiger partial charge in [0.05, 0.1) is 18.0 Å². The Kier molecular flexibility index (Phi) is 8.34. The number of para-hydroxylation sites is 1. The summed E-state index contributed by atoms with van der Waals surface area (Å²) in [5, 5.41) is 3.41. The summed E-state index contributed by atoms with van der Waals surface area (Å²) in [7, 11) is -3.46. The molecule has 0 aliphatic heterocycles. The highest BCUT2D eigenvalue weighted by atomic mass is 35.5. The van der Waals surface area contributed by atoms with E-state index in [1.165, 1.54) is 4.31 Å². The topological polar surface area (TPSA) is 75.7 Å². The molecule has 6 nitrogen and oxygen atoms in total. The van der Waals surface area contributed by atoms with Gasteiger partial charge in [-0.25, -0.2) is 8.42 Å². The van der Waals surface area contributed by atoms with Gasteiger partial charge in [-0.2, -0.15) is 0 Å². The van der Waals surface area contributed by atoms with Gasteiger partial charge in [-0.05, 0) is 56.2 Å². The first-order valence-electron chi connectivity index (χ1n) is 9.38. The Morgan fingerprint density at radius 2 is 1.83 bits per heavy atom. The van der Waals surface area contributed by atoms with E-state index in [0.717, 1.165) is 17.6 Å². The summed E-state index contributed by atoms with van der Waals surface area (Å²) in [5.41, 5.74) is 1.56. The van der Waals surface area contributed by atoms with E-state index in [1.807, 2.05) is 38.1 Å². The van der Waals surface area contributed by atoms with Crippen LogP contribution in [0.3, 0.4) is 0 Å². The van der Waals surface area contributed by atoms with Crippen molar-refractivity contribution in [3.63, 3.8) is 0 Å². The van der Waals surface area contributed by atoms with Crippen LogP contribution in [0.15, 0.2) is 48.5 Å². The first-order chi connectivity index (χ1) is 13.7. The molecule has 0 bridgehead atoms. The molecule has 1 N–H and O–H groups in total. The number of nitrogens with zero attached hydrogens (tertiary/aromatic N) is 1. The molecule has 2 aromatic rings. The van der Waals surface area contributed by atoms with E-state index in [4.69, 9.17) is 16.3 Å². The van der Waals surface area contributed by atoms with E-state index in [1.54, 1.807) is 24.3 Å². The summed E-state index contributed by atoms with van der Waals surface area (Å²) < 4.78 is 31.2. The minimum atomic E-state index is -3.46. The van der Waals surface area contributed by atoms with Crippen LogP contribution in [0.1, 0.15) is 25.3 Å². The molecule has 0 radical (unpaired) electrons. The minimum Gasteiger partial charge on any atom is -0.491 e. The smallest absolute Gasteiger partial charge is 0.232 e. The third-order valence-electron chi connectivity index (χ3n) is 4.27. The lowest BCUT2D eigenvalue weighted by Gasteiger charge is -2.22. The molecular formula is C21H27ClN2O4S. The lowest BCUT2D eigenvalue weighted by molar-refractivity contribution is -0.121. The number of sulfonamides is 1. The van der Waals surface area contributed by atoms with E-state index in [0.29, 0.717) is 23.7 Å². The Hall–Kier alpha value is -2.25. The van der Waals surface area contributed by atoms with Crippen LogP contribution < -0.4 is 14.4 Å². The molecule has 0 fully saturated rings. The van der Waals surface area contributed by atoms with Gasteiger partial charge in [0.15, 0.2) is 0 Å². The standard InChI is InChI=1S/C21H27ClN2O4S/c1-16-7-4-5-8-20(16)28-15-17(2)23-21(25)9-6-14-24(29(3,26)27)19-12-10-18(22)11-13-19/h4-5,7-8,10-13,17H,6,9,14-15H2,1-3H3,(H,23,25)/t17-/m0/s1. The number of hydrogen-bond acceptors (Lipinski definition) is 4. The van der Waals surface area contributed by atoms with Gasteiger partial charge in [-0.1, -0.05) is 29.8 Å². The van der Waals surface area contributed by atoms with Crippen molar-refractivity contribution in [3.05, 3.63) is 59.1 Å². The molecule has 0 spiro atoms. The molecule has 1 amide bonds. The van der Waals surface area contributed by atoms with Crippen LogP contribution in [0.5, 0.6) is 5.75 Å². The number of nitrogens with one attached hydrogen (secondary N) is 1. The summed E-state index contributed by atoms with van der Waals surface area (Å²) in [6, 6.07) is 14.1. The summed E-state index contributed by atoms with van der Waals surface area (Å²) in [5.74, 6) is 0.649. The molecule has 1 atom stereocenters. The maximum atomic E-state index is 12.2. The highest BCUT2D eigenvalue weighted by molar-refractivity contribution is 7.92. The fourth-order valence-electron chi connectivity index (χ4n) is 2.80. The molecule has 29 heavy (non-hydrogen) atoms. The number of anilines is 1. The number of benzene rings is 2. The lowest BCUT2D eigenvalue weighted by atomic mass is 10.2. The third kappa shape index (κ3) is 7.59. The first-order valence-corrected chi connectivity index (χ1v) is 11.6. The van der Waals surface area contributed by atoms with Crippen LogP contribution >= 0.6 is 11.6 Å². The maximum Gasteiger partial charge on any atom is 0.232 e. The Morgan fingerprint density at radius 1 is 1.17 bits per heavy atom. The van der Waals surface area contributed by atoms with Crippen LogP contribution in [0.4, 0.5) is 5.69 Å². The second-order valence-corrected chi connectivity index (χ2v) is 9.30. The second-order valence-electron chi connectivity index (χ2n) is 6.96. The van der Waals surface area contributed by atoms with Crippen molar-refractivity contribution in [2.75, 3.05) is 23.7 Å². The number of halogens is 1. The molecule has 0 aliphatic rings. The zero-order valence-electron chi connectivity index (χ0n) is 16.9. The summed E-state index contributed by atoms with van der Waals surface area (Å²) >= 11 is 5.87. The van der Waals surface area contributed by atoms with Gasteiger partial charge < -0.3 is 10.1 Å². The number of hydrogen-bond donors (Lipinski definition) is 1. The number of ether oxygens (including phenoxy) is 1. The fourth-order valence-corrected chi connectivity index (χ4v) is 3.89. The second kappa shape index (κ2) is 10.5. The largest absolute Gasteiger partial charge is 0.491 e. The van der Waals surface area contributed by atoms with E-state index in [-0.39, 0.29) is 24.9 Å². The Bertz CT molecular complexity index is 917. The van der Waals surface area contributed by atoms with E-state index in [2.05, 4.69) is 5.32 Å². The molecule has 0 aromatic heterocycles. The number of carbonyl (C=O) groups is 1. The van der Waals surface area contributed by atoms with Gasteiger partial charge in [0.1, 0.15) is 12.4 Å². The van der Waals surface area contributed by atoms with Crippen molar-refractivity contribution in [1.29, 1.82) is 0 Å². The number of aryl methyl sites for hydroxylation is 1. The van der Waals surface area contributed by atoms with Crippen LogP contribution in [0.25, 0.3) is 0 Å². The molecule has 8 heteroatoms. The number of rotatable bonds is 10. The van der Waals surface area contributed by atoms with Gasteiger partial charge >= 0.3 is 0 Å². The van der Waals surface area contributed by atoms with Gasteiger partial charge in [0.2, 0.25) is 15.9 Å². The van der Waals surface area contributed by atoms with Crippen LogP contribution in [0, 0.1) is 6.92 Å². The van der Waals surface area contributed by atoms with Crippen LogP contribution in [0.2, 0.25) is 5.02 Å². The van der Waals surface area contributed by atoms with Gasteiger partial charge in [-0.15, -0.1) is 0 Å². The lowest BCUT2D eigenvalue weighted by Crippen LogP contribution is -2.37.